The molecule has 0 unspecified atom stereocenters. The predicted octanol–water partition coefficient (Wildman–Crippen LogP) is -0.201. The molecule has 0 aromatic carbocycles. The summed E-state index contributed by atoms with van der Waals surface area (Å²) in [5.74, 6) is -3.95. The Balaban J connectivity index is 2.46. The molecule has 0 atom stereocenters. The molecule has 0 spiro atoms. The SMILES string of the molecule is [O]C1(O)CCC([O])(O)CC1. The van der Waals surface area contributed by atoms with Gasteiger partial charge in [-0.3, -0.25) is 0 Å². The topological polar surface area (TPSA) is 80.3 Å². The quantitative estimate of drug-likeness (QED) is 0.464. The third-order valence-corrected chi connectivity index (χ3v) is 1.81. The van der Waals surface area contributed by atoms with Gasteiger partial charge in [0.15, 0.2) is 11.6 Å². The highest BCUT2D eigenvalue weighted by Gasteiger charge is 2.40. The lowest BCUT2D eigenvalue weighted by molar-refractivity contribution is -0.294. The molecule has 4 heteroatoms. The normalized spacial score (nSPS) is 30.0. The summed E-state index contributed by atoms with van der Waals surface area (Å²) < 4.78 is 0. The molecule has 0 amide bonds. The fourth-order valence-electron chi connectivity index (χ4n) is 1.03. The van der Waals surface area contributed by atoms with E-state index in [1.807, 2.05) is 0 Å². The maximum absolute atomic E-state index is 10.7. The summed E-state index contributed by atoms with van der Waals surface area (Å²) >= 11 is 0. The maximum atomic E-state index is 10.7. The van der Waals surface area contributed by atoms with E-state index in [2.05, 4.69) is 0 Å². The minimum absolute atomic E-state index is 0.146. The molecular formula is C6H10O4. The van der Waals surface area contributed by atoms with E-state index in [9.17, 15) is 10.2 Å². The van der Waals surface area contributed by atoms with E-state index in [1.165, 1.54) is 0 Å². The minimum Gasteiger partial charge on any atom is -0.363 e. The van der Waals surface area contributed by atoms with E-state index in [0.717, 1.165) is 0 Å². The zero-order valence-electron chi connectivity index (χ0n) is 5.54. The largest absolute Gasteiger partial charge is 0.363 e. The summed E-state index contributed by atoms with van der Waals surface area (Å²) in [5, 5.41) is 39.0. The molecule has 1 rings (SSSR count). The van der Waals surface area contributed by atoms with Gasteiger partial charge >= 0.3 is 0 Å². The zero-order valence-corrected chi connectivity index (χ0v) is 5.54. The Bertz CT molecular complexity index is 102. The summed E-state index contributed by atoms with van der Waals surface area (Å²) in [5.41, 5.74) is 0. The lowest BCUT2D eigenvalue weighted by Gasteiger charge is -2.31. The van der Waals surface area contributed by atoms with Crippen LogP contribution in [-0.4, -0.2) is 21.8 Å². The Morgan fingerprint density at radius 1 is 0.800 bits per heavy atom. The third-order valence-electron chi connectivity index (χ3n) is 1.81. The van der Waals surface area contributed by atoms with E-state index < -0.39 is 11.6 Å². The molecule has 58 valence electrons. The summed E-state index contributed by atoms with van der Waals surface area (Å²) in [7, 11) is 0. The van der Waals surface area contributed by atoms with Gasteiger partial charge in [0.05, 0.1) is 0 Å². The highest BCUT2D eigenvalue weighted by molar-refractivity contribution is 4.79. The van der Waals surface area contributed by atoms with Crippen molar-refractivity contribution in [1.29, 1.82) is 0 Å². The number of rotatable bonds is 0. The van der Waals surface area contributed by atoms with Gasteiger partial charge in [0, 0.05) is 25.7 Å². The van der Waals surface area contributed by atoms with E-state index in [0.29, 0.717) is 0 Å². The Hall–Kier alpha value is -0.160. The Labute approximate surface area is 58.7 Å². The van der Waals surface area contributed by atoms with E-state index in [1.54, 1.807) is 0 Å². The molecule has 1 saturated carbocycles. The standard InChI is InChI=1S/C6H10O4/c7-5(8)1-2-6(9,10)4-3-5/h7,9H,1-4H2. The van der Waals surface area contributed by atoms with Crippen LogP contribution >= 0.6 is 0 Å². The molecule has 0 aliphatic heterocycles. The lowest BCUT2D eigenvalue weighted by atomic mass is 9.89. The number of aliphatic hydroxyl groups is 2. The van der Waals surface area contributed by atoms with Crippen molar-refractivity contribution in [2.75, 3.05) is 0 Å². The molecule has 1 fully saturated rings. The minimum atomic E-state index is -1.98. The van der Waals surface area contributed by atoms with Crippen molar-refractivity contribution >= 4 is 0 Å². The van der Waals surface area contributed by atoms with Crippen molar-refractivity contribution in [3.8, 4) is 0 Å². The second-order valence-corrected chi connectivity index (χ2v) is 2.89. The van der Waals surface area contributed by atoms with Gasteiger partial charge in [-0.25, -0.2) is 0 Å². The first-order chi connectivity index (χ1) is 4.41. The van der Waals surface area contributed by atoms with Gasteiger partial charge in [-0.05, 0) is 0 Å². The maximum Gasteiger partial charge on any atom is 0.199 e. The van der Waals surface area contributed by atoms with Crippen LogP contribution in [0.25, 0.3) is 0 Å². The molecule has 10 heavy (non-hydrogen) atoms. The van der Waals surface area contributed by atoms with Crippen LogP contribution in [0.2, 0.25) is 0 Å². The first-order valence-electron chi connectivity index (χ1n) is 3.27. The van der Waals surface area contributed by atoms with Crippen LogP contribution in [0.15, 0.2) is 0 Å². The van der Waals surface area contributed by atoms with Crippen molar-refractivity contribution in [2.24, 2.45) is 0 Å². The summed E-state index contributed by atoms with van der Waals surface area (Å²) in [6.45, 7) is 0. The average Bonchev–Trinajstić information content (AvgIpc) is 1.79. The first kappa shape index (κ1) is 7.94. The van der Waals surface area contributed by atoms with E-state index in [-0.39, 0.29) is 25.7 Å². The molecule has 4 nitrogen and oxygen atoms in total. The van der Waals surface area contributed by atoms with Crippen LogP contribution in [0.1, 0.15) is 25.7 Å². The smallest absolute Gasteiger partial charge is 0.199 e. The molecule has 0 aromatic heterocycles. The molecule has 1 aliphatic carbocycles. The van der Waals surface area contributed by atoms with Gasteiger partial charge < -0.3 is 10.2 Å². The van der Waals surface area contributed by atoms with Crippen molar-refractivity contribution < 1.29 is 20.4 Å². The van der Waals surface area contributed by atoms with Crippen LogP contribution < -0.4 is 0 Å². The first-order valence-corrected chi connectivity index (χ1v) is 3.27. The molecule has 0 bridgehead atoms. The molecular weight excluding hydrogens is 136 g/mol. The van der Waals surface area contributed by atoms with Crippen molar-refractivity contribution in [1.82, 2.24) is 0 Å². The van der Waals surface area contributed by atoms with Crippen LogP contribution in [0.5, 0.6) is 0 Å². The summed E-state index contributed by atoms with van der Waals surface area (Å²) in [6, 6.07) is 0. The summed E-state index contributed by atoms with van der Waals surface area (Å²) in [4.78, 5) is 0. The molecule has 2 N–H and O–H groups in total. The molecule has 0 aromatic rings. The molecule has 0 saturated heterocycles. The van der Waals surface area contributed by atoms with Crippen molar-refractivity contribution in [3.05, 3.63) is 0 Å². The fraction of sp³-hybridized carbons (Fsp3) is 1.00. The second kappa shape index (κ2) is 2.17. The van der Waals surface area contributed by atoms with E-state index in [4.69, 9.17) is 10.2 Å². The lowest BCUT2D eigenvalue weighted by Crippen LogP contribution is -2.40. The van der Waals surface area contributed by atoms with E-state index >= 15 is 0 Å². The Kier molecular flexibility index (Phi) is 1.72. The van der Waals surface area contributed by atoms with Gasteiger partial charge in [-0.2, -0.15) is 10.2 Å². The Morgan fingerprint density at radius 2 is 1.00 bits per heavy atom. The highest BCUT2D eigenvalue weighted by Crippen LogP contribution is 2.31. The zero-order chi connectivity index (χ0) is 7.83. The van der Waals surface area contributed by atoms with Crippen LogP contribution in [0, 0.1) is 0 Å². The van der Waals surface area contributed by atoms with Gasteiger partial charge in [0.25, 0.3) is 0 Å². The predicted molar refractivity (Wildman–Crippen MR) is 29.7 cm³/mol. The van der Waals surface area contributed by atoms with Gasteiger partial charge in [-0.15, -0.1) is 0 Å². The van der Waals surface area contributed by atoms with Gasteiger partial charge in [-0.1, -0.05) is 0 Å². The fourth-order valence-corrected chi connectivity index (χ4v) is 1.03. The summed E-state index contributed by atoms with van der Waals surface area (Å²) in [6.07, 6.45) is -0.583. The van der Waals surface area contributed by atoms with Crippen LogP contribution in [0.3, 0.4) is 0 Å². The highest BCUT2D eigenvalue weighted by atomic mass is 16.5. The third kappa shape index (κ3) is 1.91. The Morgan fingerprint density at radius 3 is 1.20 bits per heavy atom. The van der Waals surface area contributed by atoms with Crippen molar-refractivity contribution in [2.45, 2.75) is 37.3 Å². The molecule has 2 radical (unpaired) electrons. The van der Waals surface area contributed by atoms with Gasteiger partial charge in [0.1, 0.15) is 0 Å². The van der Waals surface area contributed by atoms with Crippen LogP contribution in [0.4, 0.5) is 0 Å². The second-order valence-electron chi connectivity index (χ2n) is 2.89. The monoisotopic (exact) mass is 146 g/mol. The average molecular weight is 146 g/mol. The van der Waals surface area contributed by atoms with Crippen LogP contribution in [-0.2, 0) is 10.2 Å². The number of hydrogen-bond acceptors (Lipinski definition) is 2. The van der Waals surface area contributed by atoms with Gasteiger partial charge in [0.2, 0.25) is 0 Å². The van der Waals surface area contributed by atoms with Crippen molar-refractivity contribution in [3.63, 3.8) is 0 Å². The number of hydrogen-bond donors (Lipinski definition) is 2. The molecule has 0 heterocycles. The molecule has 1 aliphatic rings.